The first-order chi connectivity index (χ1) is 9.42. The zero-order valence-electron chi connectivity index (χ0n) is 11.1. The van der Waals surface area contributed by atoms with E-state index in [0.29, 0.717) is 0 Å². The van der Waals surface area contributed by atoms with E-state index in [1.54, 1.807) is 6.92 Å². The van der Waals surface area contributed by atoms with E-state index in [1.807, 2.05) is 0 Å². The Balaban J connectivity index is 3.11. The number of rotatable bonds is 6. The maximum Gasteiger partial charge on any atom is 0.338 e. The van der Waals surface area contributed by atoms with Crippen LogP contribution >= 0.6 is 0 Å². The van der Waals surface area contributed by atoms with Crippen molar-refractivity contribution in [2.75, 3.05) is 13.7 Å². The highest BCUT2D eigenvalue weighted by Gasteiger charge is 2.30. The average Bonchev–Trinajstić information content (AvgIpc) is 2.45. The number of carboxylic acid groups (broad SMARTS) is 1. The van der Waals surface area contributed by atoms with Crippen LogP contribution in [0.1, 0.15) is 28.9 Å². The lowest BCUT2D eigenvalue weighted by atomic mass is 9.98. The normalized spacial score (nSPS) is 13.4. The molecule has 2 atom stereocenters. The fraction of sp³-hybridized carbons (Fsp3) is 0.385. The minimum Gasteiger partial charge on any atom is -0.497 e. The Morgan fingerprint density at radius 1 is 1.30 bits per heavy atom. The first-order valence-electron chi connectivity index (χ1n) is 5.86. The molecule has 0 radical (unpaired) electrons. The van der Waals surface area contributed by atoms with Crippen molar-refractivity contribution in [3.63, 3.8) is 0 Å². The predicted octanol–water partition coefficient (Wildman–Crippen LogP) is 0.351. The molecule has 110 valence electrons. The van der Waals surface area contributed by atoms with Gasteiger partial charge in [0.05, 0.1) is 19.3 Å². The zero-order valence-corrected chi connectivity index (χ0v) is 11.1. The average molecular weight is 284 g/mol. The molecule has 0 saturated carbocycles. The molecular weight excluding hydrogens is 268 g/mol. The standard InChI is InChI=1S/C13H16O7/c1-3-20-13(18)11(15)10(14)8-5-4-7(19-2)6-9(8)12(16)17/h4-6,10-11,14-15H,3H2,1-2H3,(H,16,17). The Kier molecular flexibility index (Phi) is 5.48. The van der Waals surface area contributed by atoms with Gasteiger partial charge in [-0.3, -0.25) is 0 Å². The van der Waals surface area contributed by atoms with E-state index in [-0.39, 0.29) is 23.5 Å². The van der Waals surface area contributed by atoms with Crippen LogP contribution in [0.4, 0.5) is 0 Å². The van der Waals surface area contributed by atoms with E-state index >= 15 is 0 Å². The van der Waals surface area contributed by atoms with Gasteiger partial charge in [-0.25, -0.2) is 9.59 Å². The van der Waals surface area contributed by atoms with E-state index in [4.69, 9.17) is 9.84 Å². The van der Waals surface area contributed by atoms with Crippen LogP contribution in [-0.2, 0) is 9.53 Å². The number of ether oxygens (including phenoxy) is 2. The molecule has 0 aliphatic heterocycles. The van der Waals surface area contributed by atoms with Gasteiger partial charge in [0.1, 0.15) is 11.9 Å². The monoisotopic (exact) mass is 284 g/mol. The molecule has 0 bridgehead atoms. The first kappa shape index (κ1) is 15.9. The van der Waals surface area contributed by atoms with Gasteiger partial charge in [-0.05, 0) is 24.6 Å². The van der Waals surface area contributed by atoms with Crippen LogP contribution in [0.2, 0.25) is 0 Å². The zero-order chi connectivity index (χ0) is 15.3. The summed E-state index contributed by atoms with van der Waals surface area (Å²) in [6.07, 6.45) is -3.56. The molecule has 0 heterocycles. The molecule has 0 aliphatic carbocycles. The van der Waals surface area contributed by atoms with Crippen molar-refractivity contribution in [1.82, 2.24) is 0 Å². The minimum absolute atomic E-state index is 0.0387. The second-order valence-electron chi connectivity index (χ2n) is 3.90. The van der Waals surface area contributed by atoms with Crippen LogP contribution in [0.15, 0.2) is 18.2 Å². The molecule has 0 fully saturated rings. The highest BCUT2D eigenvalue weighted by molar-refractivity contribution is 5.90. The fourth-order valence-electron chi connectivity index (χ4n) is 1.63. The van der Waals surface area contributed by atoms with Crippen molar-refractivity contribution in [1.29, 1.82) is 0 Å². The molecule has 0 aromatic heterocycles. The summed E-state index contributed by atoms with van der Waals surface area (Å²) in [4.78, 5) is 22.5. The van der Waals surface area contributed by atoms with E-state index in [0.717, 1.165) is 0 Å². The lowest BCUT2D eigenvalue weighted by Gasteiger charge is -2.18. The Bertz CT molecular complexity index is 497. The highest BCUT2D eigenvalue weighted by Crippen LogP contribution is 2.26. The van der Waals surface area contributed by atoms with Gasteiger partial charge in [-0.15, -0.1) is 0 Å². The second kappa shape index (κ2) is 6.88. The summed E-state index contributed by atoms with van der Waals surface area (Å²) in [5.74, 6) is -2.05. The SMILES string of the molecule is CCOC(=O)C(O)C(O)c1ccc(OC)cc1C(=O)O. The highest BCUT2D eigenvalue weighted by atomic mass is 16.5. The molecule has 0 amide bonds. The third-order valence-corrected chi connectivity index (χ3v) is 2.64. The summed E-state index contributed by atoms with van der Waals surface area (Å²) in [7, 11) is 1.37. The lowest BCUT2D eigenvalue weighted by Crippen LogP contribution is -2.30. The van der Waals surface area contributed by atoms with Gasteiger partial charge >= 0.3 is 11.9 Å². The molecule has 3 N–H and O–H groups in total. The van der Waals surface area contributed by atoms with Crippen molar-refractivity contribution < 1.29 is 34.4 Å². The Morgan fingerprint density at radius 3 is 2.45 bits per heavy atom. The molecule has 1 aromatic rings. The Labute approximate surface area is 115 Å². The fourth-order valence-corrected chi connectivity index (χ4v) is 1.63. The summed E-state index contributed by atoms with van der Waals surface area (Å²) in [6.45, 7) is 1.59. The summed E-state index contributed by atoms with van der Waals surface area (Å²) in [5, 5.41) is 28.7. The smallest absolute Gasteiger partial charge is 0.338 e. The summed E-state index contributed by atoms with van der Waals surface area (Å²) < 4.78 is 9.46. The number of methoxy groups -OCH3 is 1. The van der Waals surface area contributed by atoms with E-state index in [1.165, 1.54) is 25.3 Å². The van der Waals surface area contributed by atoms with E-state index in [9.17, 15) is 19.8 Å². The number of carbonyl (C=O) groups excluding carboxylic acids is 1. The third kappa shape index (κ3) is 3.46. The summed E-state index contributed by atoms with van der Waals surface area (Å²) >= 11 is 0. The van der Waals surface area contributed by atoms with Gasteiger partial charge in [0.25, 0.3) is 0 Å². The molecule has 1 rings (SSSR count). The van der Waals surface area contributed by atoms with Gasteiger partial charge in [0.15, 0.2) is 6.10 Å². The molecule has 7 heteroatoms. The number of esters is 1. The minimum atomic E-state index is -1.86. The number of carboxylic acids is 1. The number of hydrogen-bond acceptors (Lipinski definition) is 6. The number of benzene rings is 1. The molecule has 0 aliphatic rings. The molecule has 20 heavy (non-hydrogen) atoms. The van der Waals surface area contributed by atoms with Gasteiger partial charge in [0, 0.05) is 0 Å². The maximum atomic E-state index is 11.4. The topological polar surface area (TPSA) is 113 Å². The number of aliphatic hydroxyl groups is 2. The maximum absolute atomic E-state index is 11.4. The van der Waals surface area contributed by atoms with Crippen LogP contribution in [0.5, 0.6) is 5.75 Å². The van der Waals surface area contributed by atoms with Crippen molar-refractivity contribution in [3.8, 4) is 5.75 Å². The van der Waals surface area contributed by atoms with Gasteiger partial charge in [-0.1, -0.05) is 6.07 Å². The molecule has 0 saturated heterocycles. The van der Waals surface area contributed by atoms with Crippen LogP contribution in [0.25, 0.3) is 0 Å². The van der Waals surface area contributed by atoms with Crippen molar-refractivity contribution >= 4 is 11.9 Å². The van der Waals surface area contributed by atoms with Gasteiger partial charge in [0.2, 0.25) is 0 Å². The molecule has 7 nitrogen and oxygen atoms in total. The quantitative estimate of drug-likeness (QED) is 0.646. The third-order valence-electron chi connectivity index (χ3n) is 2.64. The number of carbonyl (C=O) groups is 2. The van der Waals surface area contributed by atoms with E-state index in [2.05, 4.69) is 4.74 Å². The number of hydrogen-bond donors (Lipinski definition) is 3. The Morgan fingerprint density at radius 2 is 1.95 bits per heavy atom. The van der Waals surface area contributed by atoms with Crippen LogP contribution < -0.4 is 4.74 Å². The van der Waals surface area contributed by atoms with Crippen molar-refractivity contribution in [3.05, 3.63) is 29.3 Å². The van der Waals surface area contributed by atoms with Gasteiger partial charge in [-0.2, -0.15) is 0 Å². The molecule has 2 unspecified atom stereocenters. The van der Waals surface area contributed by atoms with E-state index < -0.39 is 24.1 Å². The number of aliphatic hydroxyl groups excluding tert-OH is 2. The number of aromatic carboxylic acids is 1. The van der Waals surface area contributed by atoms with Crippen molar-refractivity contribution in [2.24, 2.45) is 0 Å². The predicted molar refractivity (Wildman–Crippen MR) is 67.6 cm³/mol. The summed E-state index contributed by atoms with van der Waals surface area (Å²) in [6, 6.07) is 3.89. The first-order valence-corrected chi connectivity index (χ1v) is 5.86. The van der Waals surface area contributed by atoms with Crippen molar-refractivity contribution in [2.45, 2.75) is 19.1 Å². The second-order valence-corrected chi connectivity index (χ2v) is 3.90. The lowest BCUT2D eigenvalue weighted by molar-refractivity contribution is -0.159. The molecule has 1 aromatic carbocycles. The Hall–Kier alpha value is -2.12. The van der Waals surface area contributed by atoms with Gasteiger partial charge < -0.3 is 24.8 Å². The van der Waals surface area contributed by atoms with Crippen LogP contribution in [-0.4, -0.2) is 47.1 Å². The van der Waals surface area contributed by atoms with Crippen LogP contribution in [0.3, 0.4) is 0 Å². The molecule has 0 spiro atoms. The molecular formula is C13H16O7. The summed E-state index contributed by atoms with van der Waals surface area (Å²) in [5.41, 5.74) is -0.362. The van der Waals surface area contributed by atoms with Crippen LogP contribution in [0, 0.1) is 0 Å². The largest absolute Gasteiger partial charge is 0.497 e.